The highest BCUT2D eigenvalue weighted by Gasteiger charge is 2.46. The predicted octanol–water partition coefficient (Wildman–Crippen LogP) is 3.35. The van der Waals surface area contributed by atoms with Crippen molar-refractivity contribution in [2.75, 3.05) is 29.9 Å². The molecule has 31 heavy (non-hydrogen) atoms. The minimum Gasteiger partial charge on any atom is -0.341 e. The molecule has 1 saturated heterocycles. The molecular formula is C20H19F3N2O4S2. The number of anilines is 1. The summed E-state index contributed by atoms with van der Waals surface area (Å²) in [5.74, 6) is 1.30. The maximum absolute atomic E-state index is 12.6. The Morgan fingerprint density at radius 3 is 2.10 bits per heavy atom. The van der Waals surface area contributed by atoms with Gasteiger partial charge in [0.25, 0.3) is 15.7 Å². The summed E-state index contributed by atoms with van der Waals surface area (Å²) < 4.78 is 60.5. The predicted molar refractivity (Wildman–Crippen MR) is 112 cm³/mol. The van der Waals surface area contributed by atoms with Gasteiger partial charge in [0.05, 0.1) is 11.3 Å². The van der Waals surface area contributed by atoms with E-state index in [2.05, 4.69) is 5.32 Å². The van der Waals surface area contributed by atoms with Crippen LogP contribution in [0.15, 0.2) is 53.4 Å². The van der Waals surface area contributed by atoms with Gasteiger partial charge in [-0.25, -0.2) is 8.42 Å². The lowest BCUT2D eigenvalue weighted by Crippen LogP contribution is -2.38. The molecule has 0 unspecified atom stereocenters. The molecule has 1 N–H and O–H groups in total. The van der Waals surface area contributed by atoms with Crippen LogP contribution in [0.1, 0.15) is 15.9 Å². The summed E-state index contributed by atoms with van der Waals surface area (Å²) in [7, 11) is -5.46. The van der Waals surface area contributed by atoms with Gasteiger partial charge < -0.3 is 10.2 Å². The normalized spacial score (nSPS) is 14.9. The van der Waals surface area contributed by atoms with E-state index in [4.69, 9.17) is 0 Å². The van der Waals surface area contributed by atoms with Gasteiger partial charge in [0, 0.05) is 35.8 Å². The summed E-state index contributed by atoms with van der Waals surface area (Å²) >= 11 is 1.82. The van der Waals surface area contributed by atoms with Crippen LogP contribution in [0.2, 0.25) is 0 Å². The summed E-state index contributed by atoms with van der Waals surface area (Å²) in [4.78, 5) is 25.5. The number of thioether (sulfide) groups is 1. The first kappa shape index (κ1) is 23.1. The molecule has 0 aliphatic carbocycles. The van der Waals surface area contributed by atoms with Gasteiger partial charge in [0.2, 0.25) is 5.91 Å². The number of halogens is 3. The molecule has 1 aliphatic rings. The van der Waals surface area contributed by atoms with E-state index in [0.717, 1.165) is 54.4 Å². The average Bonchev–Trinajstić information content (AvgIpc) is 2.75. The third-order valence-electron chi connectivity index (χ3n) is 4.66. The van der Waals surface area contributed by atoms with Crippen molar-refractivity contribution in [2.24, 2.45) is 0 Å². The summed E-state index contributed by atoms with van der Waals surface area (Å²) in [6.45, 7) is 1.47. The molecule has 2 aromatic carbocycles. The van der Waals surface area contributed by atoms with Crippen LogP contribution >= 0.6 is 11.8 Å². The number of nitrogens with zero attached hydrogens (tertiary/aromatic N) is 1. The number of benzene rings is 2. The molecule has 3 rings (SSSR count). The van der Waals surface area contributed by atoms with Gasteiger partial charge in [0.15, 0.2) is 0 Å². The van der Waals surface area contributed by atoms with E-state index >= 15 is 0 Å². The lowest BCUT2D eigenvalue weighted by molar-refractivity contribution is -0.130. The molecule has 0 spiro atoms. The second kappa shape index (κ2) is 9.31. The first-order valence-electron chi connectivity index (χ1n) is 9.25. The highest BCUT2D eigenvalue weighted by atomic mass is 32.2. The highest BCUT2D eigenvalue weighted by molar-refractivity contribution is 7.99. The molecule has 1 fully saturated rings. The van der Waals surface area contributed by atoms with Crippen LogP contribution in [0.3, 0.4) is 0 Å². The maximum atomic E-state index is 12.6. The molecule has 0 atom stereocenters. The standard InChI is InChI=1S/C20H19F3N2O4S2/c21-20(22,23)31(28,29)17-7-3-15(4-8-17)19(27)24-16-5-1-14(2-6-16)13-18(26)25-9-11-30-12-10-25/h1-8H,9-13H2,(H,24,27). The van der Waals surface area contributed by atoms with E-state index in [1.165, 1.54) is 0 Å². The fourth-order valence-corrected chi connectivity index (χ4v) is 4.59. The molecular weight excluding hydrogens is 453 g/mol. The smallest absolute Gasteiger partial charge is 0.341 e. The SMILES string of the molecule is O=C(Nc1ccc(CC(=O)N2CCSCC2)cc1)c1ccc(S(=O)(=O)C(F)(F)F)cc1. The molecule has 0 radical (unpaired) electrons. The molecule has 1 heterocycles. The monoisotopic (exact) mass is 472 g/mol. The molecule has 1 aliphatic heterocycles. The van der Waals surface area contributed by atoms with Crippen LogP contribution in [-0.2, 0) is 21.1 Å². The van der Waals surface area contributed by atoms with Gasteiger partial charge >= 0.3 is 5.51 Å². The molecule has 2 amide bonds. The van der Waals surface area contributed by atoms with Crippen molar-refractivity contribution in [3.8, 4) is 0 Å². The zero-order chi connectivity index (χ0) is 22.6. The molecule has 0 saturated carbocycles. The summed E-state index contributed by atoms with van der Waals surface area (Å²) in [5, 5.41) is 2.58. The Morgan fingerprint density at radius 1 is 0.968 bits per heavy atom. The number of hydrogen-bond acceptors (Lipinski definition) is 5. The van der Waals surface area contributed by atoms with Crippen LogP contribution in [0.4, 0.5) is 18.9 Å². The third-order valence-corrected chi connectivity index (χ3v) is 7.11. The van der Waals surface area contributed by atoms with Gasteiger partial charge in [-0.1, -0.05) is 12.1 Å². The number of carbonyl (C=O) groups is 2. The van der Waals surface area contributed by atoms with E-state index in [1.54, 1.807) is 24.3 Å². The lowest BCUT2D eigenvalue weighted by Gasteiger charge is -2.26. The molecule has 0 aromatic heterocycles. The number of sulfone groups is 1. The second-order valence-electron chi connectivity index (χ2n) is 6.79. The van der Waals surface area contributed by atoms with Crippen molar-refractivity contribution in [3.05, 3.63) is 59.7 Å². The third kappa shape index (κ3) is 5.59. The van der Waals surface area contributed by atoms with Gasteiger partial charge in [-0.05, 0) is 42.0 Å². The second-order valence-corrected chi connectivity index (χ2v) is 9.96. The Bertz CT molecular complexity index is 1050. The van der Waals surface area contributed by atoms with Crippen molar-refractivity contribution in [1.82, 2.24) is 4.90 Å². The highest BCUT2D eigenvalue weighted by Crippen LogP contribution is 2.30. The Balaban J connectivity index is 1.61. The van der Waals surface area contributed by atoms with E-state index in [1.807, 2.05) is 16.7 Å². The quantitative estimate of drug-likeness (QED) is 0.722. The number of alkyl halides is 3. The number of rotatable bonds is 5. The van der Waals surface area contributed by atoms with Crippen molar-refractivity contribution >= 4 is 39.1 Å². The Kier molecular flexibility index (Phi) is 6.95. The molecule has 6 nitrogen and oxygen atoms in total. The van der Waals surface area contributed by atoms with Gasteiger partial charge in [-0.2, -0.15) is 24.9 Å². The van der Waals surface area contributed by atoms with E-state index in [9.17, 15) is 31.2 Å². The molecule has 166 valence electrons. The van der Waals surface area contributed by atoms with E-state index in [0.29, 0.717) is 5.69 Å². The van der Waals surface area contributed by atoms with E-state index in [-0.39, 0.29) is 17.9 Å². The minimum absolute atomic E-state index is 0.00310. The Morgan fingerprint density at radius 2 is 1.55 bits per heavy atom. The number of amides is 2. The van der Waals surface area contributed by atoms with Crippen molar-refractivity contribution in [2.45, 2.75) is 16.8 Å². The first-order chi connectivity index (χ1) is 14.6. The van der Waals surface area contributed by atoms with Gasteiger partial charge in [-0.15, -0.1) is 0 Å². The maximum Gasteiger partial charge on any atom is 0.501 e. The molecule has 2 aromatic rings. The lowest BCUT2D eigenvalue weighted by atomic mass is 10.1. The Labute approximate surface area is 181 Å². The van der Waals surface area contributed by atoms with Crippen LogP contribution in [0.5, 0.6) is 0 Å². The fourth-order valence-electron chi connectivity index (χ4n) is 2.93. The van der Waals surface area contributed by atoms with Crippen LogP contribution in [0.25, 0.3) is 0 Å². The van der Waals surface area contributed by atoms with Gasteiger partial charge in [-0.3, -0.25) is 9.59 Å². The molecule has 0 bridgehead atoms. The van der Waals surface area contributed by atoms with Crippen LogP contribution < -0.4 is 5.32 Å². The summed E-state index contributed by atoms with van der Waals surface area (Å²) in [6, 6.07) is 10.2. The number of nitrogens with one attached hydrogen (secondary N) is 1. The van der Waals surface area contributed by atoms with Crippen molar-refractivity contribution in [1.29, 1.82) is 0 Å². The topological polar surface area (TPSA) is 83.6 Å². The first-order valence-corrected chi connectivity index (χ1v) is 11.9. The average molecular weight is 473 g/mol. The van der Waals surface area contributed by atoms with Crippen molar-refractivity contribution < 1.29 is 31.2 Å². The van der Waals surface area contributed by atoms with Crippen molar-refractivity contribution in [3.63, 3.8) is 0 Å². The van der Waals surface area contributed by atoms with Gasteiger partial charge in [0.1, 0.15) is 0 Å². The fraction of sp³-hybridized carbons (Fsp3) is 0.300. The zero-order valence-electron chi connectivity index (χ0n) is 16.2. The zero-order valence-corrected chi connectivity index (χ0v) is 17.8. The number of hydrogen-bond donors (Lipinski definition) is 1. The summed E-state index contributed by atoms with van der Waals surface area (Å²) in [6.07, 6.45) is 0.258. The van der Waals surface area contributed by atoms with E-state index < -0.39 is 26.1 Å². The number of carbonyl (C=O) groups excluding carboxylic acids is 2. The summed E-state index contributed by atoms with van der Waals surface area (Å²) in [5.41, 5.74) is -4.18. The van der Waals surface area contributed by atoms with Crippen LogP contribution in [-0.4, -0.2) is 55.2 Å². The molecule has 11 heteroatoms. The minimum atomic E-state index is -5.46. The largest absolute Gasteiger partial charge is 0.501 e. The Hall–Kier alpha value is -2.53. The van der Waals surface area contributed by atoms with Crippen LogP contribution in [0, 0.1) is 0 Å².